The summed E-state index contributed by atoms with van der Waals surface area (Å²) < 4.78 is 10.8. The summed E-state index contributed by atoms with van der Waals surface area (Å²) in [5, 5.41) is 7.30. The minimum absolute atomic E-state index is 0.0698. The van der Waals surface area contributed by atoms with Crippen molar-refractivity contribution in [2.45, 2.75) is 32.8 Å². The fourth-order valence-corrected chi connectivity index (χ4v) is 1.95. The first-order valence-corrected chi connectivity index (χ1v) is 7.06. The van der Waals surface area contributed by atoms with Crippen LogP contribution in [0.4, 0.5) is 5.69 Å². The van der Waals surface area contributed by atoms with Crippen LogP contribution in [0.2, 0.25) is 0 Å². The molecule has 0 spiro atoms. The van der Waals surface area contributed by atoms with E-state index in [0.29, 0.717) is 24.7 Å². The highest BCUT2D eigenvalue weighted by Crippen LogP contribution is 2.17. The summed E-state index contributed by atoms with van der Waals surface area (Å²) in [5.41, 5.74) is 1.09. The predicted octanol–water partition coefficient (Wildman–Crippen LogP) is 3.21. The van der Waals surface area contributed by atoms with E-state index >= 15 is 0 Å². The summed E-state index contributed by atoms with van der Waals surface area (Å²) in [6.45, 7) is 5.43. The van der Waals surface area contributed by atoms with Crippen molar-refractivity contribution in [3.05, 3.63) is 42.0 Å². The second-order valence-corrected chi connectivity index (χ2v) is 4.44. The average molecular weight is 275 g/mol. The van der Waals surface area contributed by atoms with E-state index < -0.39 is 0 Å². The molecule has 2 rings (SSSR count). The van der Waals surface area contributed by atoms with Gasteiger partial charge in [-0.05, 0) is 25.5 Å². The first kappa shape index (κ1) is 14.5. The van der Waals surface area contributed by atoms with E-state index in [4.69, 9.17) is 9.26 Å². The maximum Gasteiger partial charge on any atom is 0.228 e. The Labute approximate surface area is 119 Å². The van der Waals surface area contributed by atoms with Gasteiger partial charge >= 0.3 is 0 Å². The summed E-state index contributed by atoms with van der Waals surface area (Å²) in [6, 6.07) is 10.1. The van der Waals surface area contributed by atoms with E-state index in [-0.39, 0.29) is 6.10 Å². The van der Waals surface area contributed by atoms with Gasteiger partial charge in [-0.15, -0.1) is 0 Å². The second kappa shape index (κ2) is 7.65. The zero-order chi connectivity index (χ0) is 14.2. The Bertz CT molecular complexity index is 499. The highest BCUT2D eigenvalue weighted by molar-refractivity contribution is 5.42. The van der Waals surface area contributed by atoms with Gasteiger partial charge in [-0.2, -0.15) is 4.98 Å². The Morgan fingerprint density at radius 1 is 1.25 bits per heavy atom. The van der Waals surface area contributed by atoms with Crippen LogP contribution in [0.15, 0.2) is 34.9 Å². The molecule has 0 radical (unpaired) electrons. The number of benzene rings is 1. The molecule has 1 atom stereocenters. The monoisotopic (exact) mass is 275 g/mol. The van der Waals surface area contributed by atoms with Crippen LogP contribution in [0.25, 0.3) is 0 Å². The Morgan fingerprint density at radius 3 is 2.75 bits per heavy atom. The van der Waals surface area contributed by atoms with Crippen LogP contribution in [0.3, 0.4) is 0 Å². The van der Waals surface area contributed by atoms with Gasteiger partial charge in [-0.3, -0.25) is 0 Å². The number of ether oxygens (including phenoxy) is 1. The number of nitrogens with one attached hydrogen (secondary N) is 1. The van der Waals surface area contributed by atoms with Crippen molar-refractivity contribution in [2.75, 3.05) is 18.5 Å². The van der Waals surface area contributed by atoms with Crippen molar-refractivity contribution in [1.29, 1.82) is 0 Å². The molecule has 0 aliphatic carbocycles. The Morgan fingerprint density at radius 2 is 2.05 bits per heavy atom. The van der Waals surface area contributed by atoms with Crippen molar-refractivity contribution in [3.8, 4) is 0 Å². The molecule has 1 N–H and O–H groups in total. The topological polar surface area (TPSA) is 60.2 Å². The smallest absolute Gasteiger partial charge is 0.228 e. The molecule has 20 heavy (non-hydrogen) atoms. The minimum Gasteiger partial charge on any atom is -0.385 e. The van der Waals surface area contributed by atoms with Gasteiger partial charge in [0.25, 0.3) is 0 Å². The van der Waals surface area contributed by atoms with Crippen LogP contribution in [0, 0.1) is 0 Å². The van der Waals surface area contributed by atoms with Crippen LogP contribution in [-0.4, -0.2) is 23.3 Å². The molecular formula is C15H21N3O2. The van der Waals surface area contributed by atoms with E-state index in [1.54, 1.807) is 0 Å². The molecule has 0 saturated carbocycles. The Balaban J connectivity index is 1.83. The largest absolute Gasteiger partial charge is 0.385 e. The summed E-state index contributed by atoms with van der Waals surface area (Å²) >= 11 is 0. The molecule has 0 fully saturated rings. The van der Waals surface area contributed by atoms with Gasteiger partial charge in [0.05, 0.1) is 0 Å². The lowest BCUT2D eigenvalue weighted by Crippen LogP contribution is -2.07. The molecule has 0 aliphatic heterocycles. The number of nitrogens with zero attached hydrogens (tertiary/aromatic N) is 2. The van der Waals surface area contributed by atoms with Gasteiger partial charge in [0.15, 0.2) is 0 Å². The molecule has 0 amide bonds. The molecule has 1 unspecified atom stereocenters. The van der Waals surface area contributed by atoms with E-state index in [2.05, 4.69) is 15.5 Å². The Kier molecular flexibility index (Phi) is 5.55. The van der Waals surface area contributed by atoms with E-state index in [1.807, 2.05) is 44.2 Å². The molecule has 1 aromatic heterocycles. The molecule has 2 aromatic rings. The lowest BCUT2D eigenvalue weighted by atomic mass is 10.2. The normalized spacial score (nSPS) is 12.3. The maximum atomic E-state index is 5.56. The van der Waals surface area contributed by atoms with Crippen LogP contribution >= 0.6 is 0 Å². The van der Waals surface area contributed by atoms with Gasteiger partial charge < -0.3 is 14.6 Å². The SMILES string of the molecule is CCOC(CC)c1noc(CCNc2ccccc2)n1. The second-order valence-electron chi connectivity index (χ2n) is 4.44. The van der Waals surface area contributed by atoms with E-state index in [0.717, 1.165) is 18.7 Å². The highest BCUT2D eigenvalue weighted by Gasteiger charge is 2.16. The third-order valence-electron chi connectivity index (χ3n) is 2.95. The molecule has 108 valence electrons. The zero-order valence-corrected chi connectivity index (χ0v) is 12.0. The van der Waals surface area contributed by atoms with Crippen LogP contribution in [0.1, 0.15) is 38.1 Å². The standard InChI is InChI=1S/C15H21N3O2/c1-3-13(19-4-2)15-17-14(20-18-15)10-11-16-12-8-6-5-7-9-12/h5-9,13,16H,3-4,10-11H2,1-2H3. The molecule has 1 heterocycles. The van der Waals surface area contributed by atoms with Crippen molar-refractivity contribution in [1.82, 2.24) is 10.1 Å². The minimum atomic E-state index is -0.0698. The van der Waals surface area contributed by atoms with E-state index in [9.17, 15) is 0 Å². The number of hydrogen-bond acceptors (Lipinski definition) is 5. The summed E-state index contributed by atoms with van der Waals surface area (Å²) in [5.74, 6) is 1.28. The summed E-state index contributed by atoms with van der Waals surface area (Å²) in [4.78, 5) is 4.39. The number of anilines is 1. The summed E-state index contributed by atoms with van der Waals surface area (Å²) in [6.07, 6.45) is 1.47. The van der Waals surface area contributed by atoms with Crippen LogP contribution < -0.4 is 5.32 Å². The third-order valence-corrected chi connectivity index (χ3v) is 2.95. The lowest BCUT2D eigenvalue weighted by molar-refractivity contribution is 0.0518. The Hall–Kier alpha value is -1.88. The van der Waals surface area contributed by atoms with Crippen LogP contribution in [0.5, 0.6) is 0 Å². The molecule has 0 bridgehead atoms. The molecule has 5 heteroatoms. The predicted molar refractivity (Wildman–Crippen MR) is 77.6 cm³/mol. The number of hydrogen-bond donors (Lipinski definition) is 1. The van der Waals surface area contributed by atoms with Crippen molar-refractivity contribution >= 4 is 5.69 Å². The van der Waals surface area contributed by atoms with Crippen molar-refractivity contribution in [3.63, 3.8) is 0 Å². The van der Waals surface area contributed by atoms with Gasteiger partial charge in [0.1, 0.15) is 6.10 Å². The third kappa shape index (κ3) is 4.06. The first-order valence-electron chi connectivity index (χ1n) is 7.06. The van der Waals surface area contributed by atoms with Crippen molar-refractivity contribution in [2.24, 2.45) is 0 Å². The first-order chi connectivity index (χ1) is 9.83. The molecule has 0 aliphatic rings. The van der Waals surface area contributed by atoms with Gasteiger partial charge in [0, 0.05) is 25.3 Å². The van der Waals surface area contributed by atoms with Crippen LogP contribution in [-0.2, 0) is 11.2 Å². The number of para-hydroxylation sites is 1. The highest BCUT2D eigenvalue weighted by atomic mass is 16.5. The maximum absolute atomic E-state index is 5.56. The number of aromatic nitrogens is 2. The fourth-order valence-electron chi connectivity index (χ4n) is 1.95. The zero-order valence-electron chi connectivity index (χ0n) is 12.0. The van der Waals surface area contributed by atoms with Gasteiger partial charge in [-0.1, -0.05) is 30.3 Å². The number of rotatable bonds is 8. The molecule has 0 saturated heterocycles. The van der Waals surface area contributed by atoms with Crippen molar-refractivity contribution < 1.29 is 9.26 Å². The van der Waals surface area contributed by atoms with Gasteiger partial charge in [-0.25, -0.2) is 0 Å². The van der Waals surface area contributed by atoms with Gasteiger partial charge in [0.2, 0.25) is 11.7 Å². The quantitative estimate of drug-likeness (QED) is 0.801. The molecular weight excluding hydrogens is 254 g/mol. The molecule has 5 nitrogen and oxygen atoms in total. The average Bonchev–Trinajstić information content (AvgIpc) is 2.94. The fraction of sp³-hybridized carbons (Fsp3) is 0.467. The van der Waals surface area contributed by atoms with E-state index in [1.165, 1.54) is 0 Å². The lowest BCUT2D eigenvalue weighted by Gasteiger charge is -2.09. The molecule has 1 aromatic carbocycles. The summed E-state index contributed by atoms with van der Waals surface area (Å²) in [7, 11) is 0.